The summed E-state index contributed by atoms with van der Waals surface area (Å²) in [5.41, 5.74) is 3.48. The third kappa shape index (κ3) is 1.91. The molecule has 1 aromatic rings. The lowest BCUT2D eigenvalue weighted by molar-refractivity contribution is 0.133. The van der Waals surface area contributed by atoms with Gasteiger partial charge in [0, 0.05) is 18.0 Å². The Morgan fingerprint density at radius 3 is 2.53 bits per heavy atom. The van der Waals surface area contributed by atoms with Crippen molar-refractivity contribution in [3.05, 3.63) is 35.4 Å². The van der Waals surface area contributed by atoms with Gasteiger partial charge in [-0.25, -0.2) is 0 Å². The molecule has 2 aliphatic carbocycles. The van der Waals surface area contributed by atoms with E-state index in [4.69, 9.17) is 0 Å². The van der Waals surface area contributed by atoms with Crippen molar-refractivity contribution in [1.29, 1.82) is 0 Å². The molecule has 0 aromatic heterocycles. The highest BCUT2D eigenvalue weighted by Crippen LogP contribution is 2.49. The van der Waals surface area contributed by atoms with Crippen LogP contribution in [0, 0.1) is 12.8 Å². The molecule has 1 aromatic carbocycles. The van der Waals surface area contributed by atoms with Gasteiger partial charge in [-0.2, -0.15) is 0 Å². The summed E-state index contributed by atoms with van der Waals surface area (Å²) in [4.78, 5) is 0. The van der Waals surface area contributed by atoms with Crippen molar-refractivity contribution in [2.75, 3.05) is 6.54 Å². The van der Waals surface area contributed by atoms with Crippen molar-refractivity contribution >= 4 is 0 Å². The number of aryl methyl sites for hydroxylation is 1. The van der Waals surface area contributed by atoms with E-state index in [1.54, 1.807) is 5.56 Å². The number of rotatable bonds is 4. The fourth-order valence-electron chi connectivity index (χ4n) is 3.28. The van der Waals surface area contributed by atoms with Crippen molar-refractivity contribution in [2.24, 2.45) is 5.92 Å². The van der Waals surface area contributed by atoms with Crippen LogP contribution in [0.4, 0.5) is 0 Å². The molecule has 3 rings (SSSR count). The highest BCUT2D eigenvalue weighted by molar-refractivity contribution is 5.37. The molecule has 2 aliphatic rings. The Morgan fingerprint density at radius 2 is 2.00 bits per heavy atom. The van der Waals surface area contributed by atoms with Crippen LogP contribution in [0.3, 0.4) is 0 Å². The Bertz CT molecular complexity index is 408. The predicted octanol–water partition coefficient (Wildman–Crippen LogP) is 3.41. The van der Waals surface area contributed by atoms with Gasteiger partial charge in [-0.1, -0.05) is 31.2 Å². The normalized spacial score (nSPS) is 32.2. The van der Waals surface area contributed by atoms with Crippen LogP contribution in [0.25, 0.3) is 0 Å². The standard InChI is InChI=1S/C16H23N/c1-12-5-3-4-6-15(12)16(10-9-13(16)2)11-17-14-7-8-14/h3-6,13-14,17H,7-11H2,1-2H3. The third-order valence-corrected chi connectivity index (χ3v) is 4.93. The van der Waals surface area contributed by atoms with Gasteiger partial charge in [-0.05, 0) is 49.7 Å². The average molecular weight is 229 g/mol. The van der Waals surface area contributed by atoms with Crippen molar-refractivity contribution in [2.45, 2.75) is 51.0 Å². The second kappa shape index (κ2) is 4.13. The van der Waals surface area contributed by atoms with Crippen LogP contribution in [0.15, 0.2) is 24.3 Å². The summed E-state index contributed by atoms with van der Waals surface area (Å²) in [6, 6.07) is 9.79. The fraction of sp³-hybridized carbons (Fsp3) is 0.625. The molecule has 0 bridgehead atoms. The van der Waals surface area contributed by atoms with Crippen LogP contribution in [0.2, 0.25) is 0 Å². The number of hydrogen-bond donors (Lipinski definition) is 1. The first-order valence-electron chi connectivity index (χ1n) is 7.02. The maximum absolute atomic E-state index is 3.76. The zero-order valence-electron chi connectivity index (χ0n) is 11.0. The molecule has 0 aliphatic heterocycles. The summed E-state index contributed by atoms with van der Waals surface area (Å²) < 4.78 is 0. The van der Waals surface area contributed by atoms with Crippen molar-refractivity contribution in [3.8, 4) is 0 Å². The lowest BCUT2D eigenvalue weighted by Gasteiger charge is -2.50. The van der Waals surface area contributed by atoms with Crippen molar-refractivity contribution < 1.29 is 0 Å². The average Bonchev–Trinajstić information content (AvgIpc) is 3.14. The van der Waals surface area contributed by atoms with Crippen LogP contribution in [0.5, 0.6) is 0 Å². The minimum atomic E-state index is 0.425. The molecule has 2 saturated carbocycles. The van der Waals surface area contributed by atoms with Gasteiger partial charge in [0.05, 0.1) is 0 Å². The molecule has 0 spiro atoms. The van der Waals surface area contributed by atoms with Gasteiger partial charge in [0.25, 0.3) is 0 Å². The first-order chi connectivity index (χ1) is 8.22. The molecule has 17 heavy (non-hydrogen) atoms. The topological polar surface area (TPSA) is 12.0 Å². The van der Waals surface area contributed by atoms with E-state index in [0.717, 1.165) is 12.0 Å². The van der Waals surface area contributed by atoms with Crippen LogP contribution >= 0.6 is 0 Å². The van der Waals surface area contributed by atoms with Gasteiger partial charge in [-0.15, -0.1) is 0 Å². The number of hydrogen-bond acceptors (Lipinski definition) is 1. The van der Waals surface area contributed by atoms with E-state index in [1.165, 1.54) is 37.8 Å². The summed E-state index contributed by atoms with van der Waals surface area (Å²) in [7, 11) is 0. The molecule has 1 heteroatoms. The quantitative estimate of drug-likeness (QED) is 0.834. The second-order valence-electron chi connectivity index (χ2n) is 6.07. The molecule has 1 nitrogen and oxygen atoms in total. The highest BCUT2D eigenvalue weighted by Gasteiger charge is 2.46. The van der Waals surface area contributed by atoms with Crippen LogP contribution in [-0.2, 0) is 5.41 Å². The lowest BCUT2D eigenvalue weighted by atomic mass is 9.56. The van der Waals surface area contributed by atoms with E-state index < -0.39 is 0 Å². The van der Waals surface area contributed by atoms with Gasteiger partial charge in [-0.3, -0.25) is 0 Å². The van der Waals surface area contributed by atoms with Crippen molar-refractivity contribution in [1.82, 2.24) is 5.32 Å². The van der Waals surface area contributed by atoms with E-state index in [9.17, 15) is 0 Å². The molecule has 2 fully saturated rings. The van der Waals surface area contributed by atoms with E-state index in [0.29, 0.717) is 5.41 Å². The smallest absolute Gasteiger partial charge is 0.0106 e. The van der Waals surface area contributed by atoms with Crippen LogP contribution in [0.1, 0.15) is 43.7 Å². The molecule has 0 saturated heterocycles. The molecule has 92 valence electrons. The maximum atomic E-state index is 3.76. The van der Waals surface area contributed by atoms with Crippen LogP contribution < -0.4 is 5.32 Å². The minimum Gasteiger partial charge on any atom is -0.313 e. The largest absolute Gasteiger partial charge is 0.313 e. The molecular weight excluding hydrogens is 206 g/mol. The highest BCUT2D eigenvalue weighted by atomic mass is 15.0. The van der Waals surface area contributed by atoms with Gasteiger partial charge in [0.15, 0.2) is 0 Å². The van der Waals surface area contributed by atoms with E-state index in [2.05, 4.69) is 43.4 Å². The zero-order chi connectivity index (χ0) is 11.9. The van der Waals surface area contributed by atoms with Gasteiger partial charge >= 0.3 is 0 Å². The summed E-state index contributed by atoms with van der Waals surface area (Å²) in [5, 5.41) is 3.76. The Labute approximate surface area is 105 Å². The lowest BCUT2D eigenvalue weighted by Crippen LogP contribution is -2.51. The fourth-order valence-corrected chi connectivity index (χ4v) is 3.28. The molecule has 1 N–H and O–H groups in total. The molecule has 0 radical (unpaired) electrons. The Kier molecular flexibility index (Phi) is 2.74. The number of nitrogens with one attached hydrogen (secondary N) is 1. The number of benzene rings is 1. The van der Waals surface area contributed by atoms with E-state index in [1.807, 2.05) is 0 Å². The van der Waals surface area contributed by atoms with Crippen LogP contribution in [-0.4, -0.2) is 12.6 Å². The second-order valence-corrected chi connectivity index (χ2v) is 6.07. The summed E-state index contributed by atoms with van der Waals surface area (Å²) in [6.07, 6.45) is 5.52. The summed E-state index contributed by atoms with van der Waals surface area (Å²) >= 11 is 0. The molecule has 0 amide bonds. The third-order valence-electron chi connectivity index (χ3n) is 4.93. The summed E-state index contributed by atoms with van der Waals surface area (Å²) in [6.45, 7) is 5.87. The van der Waals surface area contributed by atoms with Crippen molar-refractivity contribution in [3.63, 3.8) is 0 Å². The zero-order valence-corrected chi connectivity index (χ0v) is 11.0. The molecular formula is C16H23N. The van der Waals surface area contributed by atoms with Gasteiger partial charge in [0.2, 0.25) is 0 Å². The van der Waals surface area contributed by atoms with E-state index in [-0.39, 0.29) is 0 Å². The molecule has 2 unspecified atom stereocenters. The first-order valence-corrected chi connectivity index (χ1v) is 7.02. The summed E-state index contributed by atoms with van der Waals surface area (Å²) in [5.74, 6) is 0.829. The Balaban J connectivity index is 1.85. The first kappa shape index (κ1) is 11.3. The Morgan fingerprint density at radius 1 is 1.24 bits per heavy atom. The Hall–Kier alpha value is -0.820. The minimum absolute atomic E-state index is 0.425. The predicted molar refractivity (Wildman–Crippen MR) is 72.3 cm³/mol. The van der Waals surface area contributed by atoms with Gasteiger partial charge in [0.1, 0.15) is 0 Å². The van der Waals surface area contributed by atoms with Gasteiger partial charge < -0.3 is 5.32 Å². The monoisotopic (exact) mass is 229 g/mol. The SMILES string of the molecule is Cc1ccccc1C1(CNC2CC2)CCC1C. The maximum Gasteiger partial charge on any atom is 0.0106 e. The molecule has 0 heterocycles. The van der Waals surface area contributed by atoms with E-state index >= 15 is 0 Å². The molecule has 2 atom stereocenters.